The molecule has 0 atom stereocenters. The highest BCUT2D eigenvalue weighted by Crippen LogP contribution is 2.25. The van der Waals surface area contributed by atoms with E-state index >= 15 is 0 Å². The van der Waals surface area contributed by atoms with Gasteiger partial charge in [-0.15, -0.1) is 0 Å². The first-order valence-electron chi connectivity index (χ1n) is 8.56. The van der Waals surface area contributed by atoms with Crippen molar-refractivity contribution >= 4 is 17.4 Å². The minimum absolute atomic E-state index is 0.209. The van der Waals surface area contributed by atoms with Crippen LogP contribution >= 0.6 is 0 Å². The predicted octanol–water partition coefficient (Wildman–Crippen LogP) is 3.81. The summed E-state index contributed by atoms with van der Waals surface area (Å²) >= 11 is 0. The Morgan fingerprint density at radius 2 is 1.83 bits per heavy atom. The molecule has 1 N–H and O–H groups in total. The fourth-order valence-corrected chi connectivity index (χ4v) is 3.15. The molecule has 3 rings (SSSR count). The zero-order valence-electron chi connectivity index (χ0n) is 14.3. The highest BCUT2D eigenvalue weighted by Gasteiger charge is 2.20. The molecule has 1 saturated carbocycles. The molecule has 126 valence electrons. The molecule has 0 spiro atoms. The van der Waals surface area contributed by atoms with Gasteiger partial charge in [0.25, 0.3) is 5.91 Å². The van der Waals surface area contributed by atoms with Gasteiger partial charge in [0.2, 0.25) is 0 Å². The third-order valence-electron chi connectivity index (χ3n) is 4.68. The van der Waals surface area contributed by atoms with E-state index in [0.29, 0.717) is 11.7 Å². The first kappa shape index (κ1) is 16.4. The third kappa shape index (κ3) is 3.91. The molecule has 0 unspecified atom stereocenters. The van der Waals surface area contributed by atoms with Crippen molar-refractivity contribution in [1.29, 1.82) is 0 Å². The van der Waals surface area contributed by atoms with Gasteiger partial charge in [0, 0.05) is 24.8 Å². The standard InChI is InChI=1S/C19H24N4O/c1-14-8-10-15(11-9-14)22-19(24)17-12-18(21-13-20-17)23(2)16-6-4-3-5-7-16/h8-13,16H,3-7H2,1-2H3,(H,22,24). The number of nitrogens with one attached hydrogen (secondary N) is 1. The molecule has 5 heteroatoms. The summed E-state index contributed by atoms with van der Waals surface area (Å²) in [6, 6.07) is 10.0. The van der Waals surface area contributed by atoms with Crippen molar-refractivity contribution in [3.05, 3.63) is 47.9 Å². The number of nitrogens with zero attached hydrogens (tertiary/aromatic N) is 3. The Kier molecular flexibility index (Phi) is 5.08. The molecular weight excluding hydrogens is 300 g/mol. The van der Waals surface area contributed by atoms with Gasteiger partial charge in [-0.25, -0.2) is 9.97 Å². The lowest BCUT2D eigenvalue weighted by molar-refractivity contribution is 0.102. The van der Waals surface area contributed by atoms with Crippen LogP contribution in [0.2, 0.25) is 0 Å². The molecule has 24 heavy (non-hydrogen) atoms. The smallest absolute Gasteiger partial charge is 0.274 e. The summed E-state index contributed by atoms with van der Waals surface area (Å²) in [6.07, 6.45) is 7.69. The Morgan fingerprint density at radius 1 is 1.12 bits per heavy atom. The van der Waals surface area contributed by atoms with E-state index in [-0.39, 0.29) is 5.91 Å². The molecular formula is C19H24N4O. The van der Waals surface area contributed by atoms with E-state index in [0.717, 1.165) is 17.1 Å². The second-order valence-electron chi connectivity index (χ2n) is 6.48. The third-order valence-corrected chi connectivity index (χ3v) is 4.68. The molecule has 1 heterocycles. The SMILES string of the molecule is Cc1ccc(NC(=O)c2cc(N(C)C3CCCCC3)ncn2)cc1. The summed E-state index contributed by atoms with van der Waals surface area (Å²) in [4.78, 5) is 23.1. The Hall–Kier alpha value is -2.43. The van der Waals surface area contributed by atoms with Crippen LogP contribution in [0.5, 0.6) is 0 Å². The number of anilines is 2. The number of hydrogen-bond donors (Lipinski definition) is 1. The van der Waals surface area contributed by atoms with Crippen LogP contribution in [0, 0.1) is 6.92 Å². The minimum atomic E-state index is -0.209. The molecule has 0 saturated heterocycles. The molecule has 0 aliphatic heterocycles. The van der Waals surface area contributed by atoms with E-state index in [4.69, 9.17) is 0 Å². The number of aryl methyl sites for hydroxylation is 1. The Balaban J connectivity index is 1.71. The second kappa shape index (κ2) is 7.43. The molecule has 0 bridgehead atoms. The van der Waals surface area contributed by atoms with Gasteiger partial charge in [-0.2, -0.15) is 0 Å². The van der Waals surface area contributed by atoms with Gasteiger partial charge in [-0.3, -0.25) is 4.79 Å². The topological polar surface area (TPSA) is 58.1 Å². The average Bonchev–Trinajstić information content (AvgIpc) is 2.64. The lowest BCUT2D eigenvalue weighted by Crippen LogP contribution is -2.34. The maximum absolute atomic E-state index is 12.4. The highest BCUT2D eigenvalue weighted by atomic mass is 16.1. The van der Waals surface area contributed by atoms with E-state index in [1.54, 1.807) is 6.07 Å². The molecule has 1 aliphatic carbocycles. The minimum Gasteiger partial charge on any atom is -0.357 e. The Labute approximate surface area is 143 Å². The lowest BCUT2D eigenvalue weighted by Gasteiger charge is -2.32. The van der Waals surface area contributed by atoms with Crippen molar-refractivity contribution in [2.24, 2.45) is 0 Å². The van der Waals surface area contributed by atoms with E-state index < -0.39 is 0 Å². The van der Waals surface area contributed by atoms with Gasteiger partial charge >= 0.3 is 0 Å². The van der Waals surface area contributed by atoms with Crippen LogP contribution in [0.3, 0.4) is 0 Å². The van der Waals surface area contributed by atoms with Gasteiger partial charge in [0.15, 0.2) is 0 Å². The van der Waals surface area contributed by atoms with Crippen LogP contribution in [0.15, 0.2) is 36.7 Å². The lowest BCUT2D eigenvalue weighted by atomic mass is 9.94. The van der Waals surface area contributed by atoms with E-state index in [2.05, 4.69) is 27.2 Å². The molecule has 1 fully saturated rings. The summed E-state index contributed by atoms with van der Waals surface area (Å²) in [5, 5.41) is 2.88. The largest absolute Gasteiger partial charge is 0.357 e. The van der Waals surface area contributed by atoms with Crippen molar-refractivity contribution < 1.29 is 4.79 Å². The van der Waals surface area contributed by atoms with Crippen molar-refractivity contribution in [1.82, 2.24) is 9.97 Å². The van der Waals surface area contributed by atoms with Crippen molar-refractivity contribution in [3.63, 3.8) is 0 Å². The van der Waals surface area contributed by atoms with Gasteiger partial charge in [-0.1, -0.05) is 37.0 Å². The van der Waals surface area contributed by atoms with Crippen LogP contribution in [0.1, 0.15) is 48.2 Å². The number of rotatable bonds is 4. The first-order valence-corrected chi connectivity index (χ1v) is 8.56. The summed E-state index contributed by atoms with van der Waals surface area (Å²) in [6.45, 7) is 2.02. The summed E-state index contributed by atoms with van der Waals surface area (Å²) in [7, 11) is 2.06. The number of amides is 1. The molecule has 1 aromatic heterocycles. The van der Waals surface area contributed by atoms with Crippen LogP contribution in [0.4, 0.5) is 11.5 Å². The Morgan fingerprint density at radius 3 is 2.54 bits per heavy atom. The first-order chi connectivity index (χ1) is 11.6. The van der Waals surface area contributed by atoms with Gasteiger partial charge in [0.1, 0.15) is 17.8 Å². The fraction of sp³-hybridized carbons (Fsp3) is 0.421. The van der Waals surface area contributed by atoms with Crippen molar-refractivity contribution in [2.45, 2.75) is 45.1 Å². The maximum Gasteiger partial charge on any atom is 0.274 e. The van der Waals surface area contributed by atoms with Crippen molar-refractivity contribution in [2.75, 3.05) is 17.3 Å². The van der Waals surface area contributed by atoms with Crippen LogP contribution in [-0.4, -0.2) is 29.0 Å². The van der Waals surface area contributed by atoms with E-state index in [9.17, 15) is 4.79 Å². The number of carbonyl (C=O) groups excluding carboxylic acids is 1. The van der Waals surface area contributed by atoms with Gasteiger partial charge < -0.3 is 10.2 Å². The van der Waals surface area contributed by atoms with Crippen LogP contribution in [-0.2, 0) is 0 Å². The maximum atomic E-state index is 12.4. The normalized spacial score (nSPS) is 15.1. The molecule has 0 radical (unpaired) electrons. The van der Waals surface area contributed by atoms with Crippen LogP contribution < -0.4 is 10.2 Å². The van der Waals surface area contributed by atoms with Crippen LogP contribution in [0.25, 0.3) is 0 Å². The highest BCUT2D eigenvalue weighted by molar-refractivity contribution is 6.03. The van der Waals surface area contributed by atoms with Gasteiger partial charge in [-0.05, 0) is 31.9 Å². The quantitative estimate of drug-likeness (QED) is 0.929. The molecule has 1 amide bonds. The summed E-state index contributed by atoms with van der Waals surface area (Å²) in [5.41, 5.74) is 2.32. The number of carbonyl (C=O) groups is 1. The average molecular weight is 324 g/mol. The summed E-state index contributed by atoms with van der Waals surface area (Å²) < 4.78 is 0. The monoisotopic (exact) mass is 324 g/mol. The molecule has 1 aliphatic rings. The zero-order valence-corrected chi connectivity index (χ0v) is 14.3. The number of benzene rings is 1. The van der Waals surface area contributed by atoms with Gasteiger partial charge in [0.05, 0.1) is 0 Å². The van der Waals surface area contributed by atoms with E-state index in [1.807, 2.05) is 31.2 Å². The number of aromatic nitrogens is 2. The van der Waals surface area contributed by atoms with E-state index in [1.165, 1.54) is 38.4 Å². The second-order valence-corrected chi connectivity index (χ2v) is 6.48. The fourth-order valence-electron chi connectivity index (χ4n) is 3.15. The molecule has 2 aromatic rings. The predicted molar refractivity (Wildman–Crippen MR) is 96.4 cm³/mol. The zero-order chi connectivity index (χ0) is 16.9. The molecule has 5 nitrogen and oxygen atoms in total. The number of hydrogen-bond acceptors (Lipinski definition) is 4. The van der Waals surface area contributed by atoms with Crippen molar-refractivity contribution in [3.8, 4) is 0 Å². The Bertz CT molecular complexity index is 693. The molecule has 1 aromatic carbocycles. The summed E-state index contributed by atoms with van der Waals surface area (Å²) in [5.74, 6) is 0.602.